The number of carbonyl (C=O) groups is 1. The van der Waals surface area contributed by atoms with Gasteiger partial charge in [-0.2, -0.15) is 0 Å². The molecule has 0 spiro atoms. The standard InChI is InChI=1S/C18H22N4O4/c1-18(2,3)26-17(23)21-6-7-22-15(11-21)19-20-16(22)12-4-5-13-14(10-12)25-9-8-24-13/h4-5,10H,6-9,11H2,1-3H3. The van der Waals surface area contributed by atoms with Gasteiger partial charge in [0.2, 0.25) is 0 Å². The summed E-state index contributed by atoms with van der Waals surface area (Å²) in [7, 11) is 0. The van der Waals surface area contributed by atoms with Gasteiger partial charge < -0.3 is 18.8 Å². The fourth-order valence-corrected chi connectivity index (χ4v) is 3.04. The first-order valence-electron chi connectivity index (χ1n) is 8.71. The van der Waals surface area contributed by atoms with E-state index in [1.54, 1.807) is 4.90 Å². The minimum Gasteiger partial charge on any atom is -0.486 e. The topological polar surface area (TPSA) is 78.7 Å². The molecule has 0 atom stereocenters. The number of rotatable bonds is 1. The van der Waals surface area contributed by atoms with E-state index < -0.39 is 5.60 Å². The maximum absolute atomic E-state index is 12.3. The third-order valence-corrected chi connectivity index (χ3v) is 4.21. The lowest BCUT2D eigenvalue weighted by atomic mass is 10.1. The van der Waals surface area contributed by atoms with Crippen molar-refractivity contribution < 1.29 is 19.0 Å². The van der Waals surface area contributed by atoms with E-state index in [1.165, 1.54) is 0 Å². The van der Waals surface area contributed by atoms with Crippen LogP contribution in [0.2, 0.25) is 0 Å². The van der Waals surface area contributed by atoms with Crippen molar-refractivity contribution in [1.29, 1.82) is 0 Å². The monoisotopic (exact) mass is 358 g/mol. The molecule has 2 aromatic rings. The van der Waals surface area contributed by atoms with Gasteiger partial charge in [0.1, 0.15) is 18.8 Å². The fraction of sp³-hybridized carbons (Fsp3) is 0.500. The molecule has 0 saturated carbocycles. The van der Waals surface area contributed by atoms with Crippen molar-refractivity contribution >= 4 is 6.09 Å². The highest BCUT2D eigenvalue weighted by molar-refractivity contribution is 5.68. The molecule has 8 heteroatoms. The van der Waals surface area contributed by atoms with Gasteiger partial charge in [0.05, 0.1) is 6.54 Å². The molecule has 3 heterocycles. The number of carbonyl (C=O) groups excluding carboxylic acids is 1. The zero-order valence-electron chi connectivity index (χ0n) is 15.2. The predicted molar refractivity (Wildman–Crippen MR) is 93.1 cm³/mol. The summed E-state index contributed by atoms with van der Waals surface area (Å²) in [4.78, 5) is 13.9. The molecule has 1 amide bonds. The van der Waals surface area contributed by atoms with E-state index >= 15 is 0 Å². The Morgan fingerprint density at radius 2 is 1.88 bits per heavy atom. The van der Waals surface area contributed by atoms with E-state index in [0.717, 1.165) is 28.7 Å². The number of aromatic nitrogens is 3. The lowest BCUT2D eigenvalue weighted by Gasteiger charge is -2.30. The van der Waals surface area contributed by atoms with Gasteiger partial charge in [-0.15, -0.1) is 10.2 Å². The van der Waals surface area contributed by atoms with Crippen molar-refractivity contribution in [3.63, 3.8) is 0 Å². The lowest BCUT2D eigenvalue weighted by Crippen LogP contribution is -2.41. The van der Waals surface area contributed by atoms with Crippen molar-refractivity contribution in [3.8, 4) is 22.9 Å². The quantitative estimate of drug-likeness (QED) is 0.779. The van der Waals surface area contributed by atoms with Gasteiger partial charge in [-0.05, 0) is 39.0 Å². The van der Waals surface area contributed by atoms with Crippen LogP contribution in [-0.2, 0) is 17.8 Å². The highest BCUT2D eigenvalue weighted by atomic mass is 16.6. The third kappa shape index (κ3) is 3.18. The molecule has 0 radical (unpaired) electrons. The normalized spacial score (nSPS) is 16.2. The van der Waals surface area contributed by atoms with Crippen molar-refractivity contribution in [2.24, 2.45) is 0 Å². The molecule has 1 aromatic heterocycles. The first-order valence-corrected chi connectivity index (χ1v) is 8.71. The molecule has 2 aliphatic rings. The Bertz CT molecular complexity index is 840. The zero-order valence-corrected chi connectivity index (χ0v) is 15.2. The van der Waals surface area contributed by atoms with Crippen molar-refractivity contribution in [2.45, 2.75) is 39.5 Å². The second kappa shape index (κ2) is 6.19. The van der Waals surface area contributed by atoms with Gasteiger partial charge in [0, 0.05) is 18.7 Å². The Morgan fingerprint density at radius 1 is 1.12 bits per heavy atom. The Labute approximate surface area is 151 Å². The number of fused-ring (bicyclic) bond motifs is 2. The van der Waals surface area contributed by atoms with Crippen LogP contribution in [0.25, 0.3) is 11.4 Å². The fourth-order valence-electron chi connectivity index (χ4n) is 3.04. The van der Waals surface area contributed by atoms with Crippen LogP contribution in [0.5, 0.6) is 11.5 Å². The molecule has 8 nitrogen and oxygen atoms in total. The zero-order chi connectivity index (χ0) is 18.3. The molecule has 26 heavy (non-hydrogen) atoms. The van der Waals surface area contributed by atoms with E-state index in [4.69, 9.17) is 14.2 Å². The average Bonchev–Trinajstić information content (AvgIpc) is 3.03. The van der Waals surface area contributed by atoms with E-state index in [1.807, 2.05) is 43.5 Å². The van der Waals surface area contributed by atoms with Crippen LogP contribution in [0.15, 0.2) is 18.2 Å². The van der Waals surface area contributed by atoms with Gasteiger partial charge in [0.15, 0.2) is 23.1 Å². The minimum atomic E-state index is -0.515. The molecule has 0 aliphatic carbocycles. The molecule has 0 unspecified atom stereocenters. The molecule has 138 valence electrons. The maximum atomic E-state index is 12.3. The smallest absolute Gasteiger partial charge is 0.410 e. The number of ether oxygens (including phenoxy) is 3. The first-order chi connectivity index (χ1) is 12.4. The molecule has 2 aliphatic heterocycles. The number of amides is 1. The largest absolute Gasteiger partial charge is 0.486 e. The average molecular weight is 358 g/mol. The van der Waals surface area contributed by atoms with E-state index in [-0.39, 0.29) is 6.09 Å². The Hall–Kier alpha value is -2.77. The summed E-state index contributed by atoms with van der Waals surface area (Å²) in [6.45, 7) is 8.23. The van der Waals surface area contributed by atoms with Crippen LogP contribution >= 0.6 is 0 Å². The number of hydrogen-bond donors (Lipinski definition) is 0. The molecular weight excluding hydrogens is 336 g/mol. The number of nitrogens with zero attached hydrogens (tertiary/aromatic N) is 4. The van der Waals surface area contributed by atoms with E-state index in [9.17, 15) is 4.79 Å². The molecule has 1 aromatic carbocycles. The Kier molecular flexibility index (Phi) is 3.97. The Balaban J connectivity index is 1.55. The van der Waals surface area contributed by atoms with Gasteiger partial charge in [0.25, 0.3) is 0 Å². The SMILES string of the molecule is CC(C)(C)OC(=O)N1CCn2c(nnc2-c2ccc3c(c2)OCCO3)C1. The van der Waals surface area contributed by atoms with Crippen LogP contribution < -0.4 is 9.47 Å². The first kappa shape index (κ1) is 16.7. The minimum absolute atomic E-state index is 0.326. The lowest BCUT2D eigenvalue weighted by molar-refractivity contribution is 0.0196. The predicted octanol–water partition coefficient (Wildman–Crippen LogP) is 2.47. The van der Waals surface area contributed by atoms with Crippen LogP contribution in [0.4, 0.5) is 4.79 Å². The van der Waals surface area contributed by atoms with E-state index in [0.29, 0.717) is 32.8 Å². The van der Waals surface area contributed by atoms with Crippen LogP contribution in [0, 0.1) is 0 Å². The van der Waals surface area contributed by atoms with Crippen LogP contribution in [0.1, 0.15) is 26.6 Å². The summed E-state index contributed by atoms with van der Waals surface area (Å²) < 4.78 is 18.7. The van der Waals surface area contributed by atoms with Crippen LogP contribution in [0.3, 0.4) is 0 Å². The second-order valence-corrected chi connectivity index (χ2v) is 7.35. The highest BCUT2D eigenvalue weighted by Gasteiger charge is 2.28. The molecular formula is C18H22N4O4. The maximum Gasteiger partial charge on any atom is 0.410 e. The van der Waals surface area contributed by atoms with Gasteiger partial charge in [-0.1, -0.05) is 0 Å². The molecule has 0 bridgehead atoms. The Morgan fingerprint density at radius 3 is 2.65 bits per heavy atom. The van der Waals surface area contributed by atoms with Gasteiger partial charge in [-0.25, -0.2) is 4.79 Å². The van der Waals surface area contributed by atoms with E-state index in [2.05, 4.69) is 10.2 Å². The third-order valence-electron chi connectivity index (χ3n) is 4.21. The number of hydrogen-bond acceptors (Lipinski definition) is 6. The number of benzene rings is 1. The molecule has 0 fully saturated rings. The summed E-state index contributed by atoms with van der Waals surface area (Å²) in [5.41, 5.74) is 0.400. The second-order valence-electron chi connectivity index (χ2n) is 7.35. The van der Waals surface area contributed by atoms with Crippen molar-refractivity contribution in [2.75, 3.05) is 19.8 Å². The van der Waals surface area contributed by atoms with Crippen molar-refractivity contribution in [1.82, 2.24) is 19.7 Å². The molecule has 0 saturated heterocycles. The highest BCUT2D eigenvalue weighted by Crippen LogP contribution is 2.34. The van der Waals surface area contributed by atoms with Crippen LogP contribution in [-0.4, -0.2) is 51.1 Å². The van der Waals surface area contributed by atoms with Crippen molar-refractivity contribution in [3.05, 3.63) is 24.0 Å². The summed E-state index contributed by atoms with van der Waals surface area (Å²) in [5, 5.41) is 8.59. The summed E-state index contributed by atoms with van der Waals surface area (Å²) in [5.74, 6) is 2.97. The van der Waals surface area contributed by atoms with Gasteiger partial charge >= 0.3 is 6.09 Å². The summed E-state index contributed by atoms with van der Waals surface area (Å²) >= 11 is 0. The van der Waals surface area contributed by atoms with Gasteiger partial charge in [-0.3, -0.25) is 4.90 Å². The summed E-state index contributed by atoms with van der Waals surface area (Å²) in [6.07, 6.45) is -0.326. The summed E-state index contributed by atoms with van der Waals surface area (Å²) in [6, 6.07) is 5.76. The molecule has 0 N–H and O–H groups in total. The molecule has 4 rings (SSSR count).